The second kappa shape index (κ2) is 5.98. The molecule has 0 aliphatic heterocycles. The monoisotopic (exact) mass is 347 g/mol. The lowest BCUT2D eigenvalue weighted by Crippen LogP contribution is -2.13. The molecule has 23 heavy (non-hydrogen) atoms. The average molecular weight is 347 g/mol. The van der Waals surface area contributed by atoms with Crippen molar-refractivity contribution in [3.05, 3.63) is 49.8 Å². The predicted molar refractivity (Wildman–Crippen MR) is 93.3 cm³/mol. The van der Waals surface area contributed by atoms with E-state index in [0.29, 0.717) is 32.1 Å². The van der Waals surface area contributed by atoms with Crippen molar-refractivity contribution in [1.29, 1.82) is 0 Å². The molecule has 0 atom stereocenters. The van der Waals surface area contributed by atoms with E-state index in [1.807, 2.05) is 6.07 Å². The Labute approximate surface area is 140 Å². The van der Waals surface area contributed by atoms with Gasteiger partial charge >= 0.3 is 0 Å². The second-order valence-electron chi connectivity index (χ2n) is 4.82. The normalized spacial score (nSPS) is 10.7. The van der Waals surface area contributed by atoms with E-state index >= 15 is 0 Å². The summed E-state index contributed by atoms with van der Waals surface area (Å²) in [6, 6.07) is 7.13. The number of nitrogens with one attached hydrogen (secondary N) is 3. The Morgan fingerprint density at radius 3 is 2.78 bits per heavy atom. The molecule has 2 aromatic heterocycles. The quantitative estimate of drug-likeness (QED) is 0.635. The fourth-order valence-corrected chi connectivity index (χ4v) is 3.68. The summed E-state index contributed by atoms with van der Waals surface area (Å²) in [7, 11) is 1.54. The second-order valence-corrected chi connectivity index (χ2v) is 6.25. The van der Waals surface area contributed by atoms with E-state index in [4.69, 9.17) is 17.0 Å². The van der Waals surface area contributed by atoms with Crippen LogP contribution in [0.4, 0.5) is 5.69 Å². The van der Waals surface area contributed by atoms with E-state index in [-0.39, 0.29) is 16.2 Å². The minimum Gasteiger partial charge on any atom is -0.495 e. The molecule has 0 aliphatic rings. The van der Waals surface area contributed by atoms with E-state index in [1.54, 1.807) is 25.1 Å². The van der Waals surface area contributed by atoms with Crippen LogP contribution in [-0.4, -0.2) is 23.0 Å². The SMILES string of the molecule is COc1ccccc1NC(=O)c1sc2[nH]c(=S)[nH]c(=O)c2c1C. The Bertz CT molecular complexity index is 1020. The van der Waals surface area contributed by atoms with Crippen molar-refractivity contribution in [3.8, 4) is 5.75 Å². The first-order valence-corrected chi connectivity index (χ1v) is 7.94. The van der Waals surface area contributed by atoms with Gasteiger partial charge in [0.1, 0.15) is 10.6 Å². The fraction of sp³-hybridized carbons (Fsp3) is 0.133. The average Bonchev–Trinajstić information content (AvgIpc) is 2.84. The molecule has 2 heterocycles. The molecule has 118 valence electrons. The standard InChI is InChI=1S/C15H13N3O3S2/c1-7-10-12(19)17-15(22)18-14(10)23-11(7)13(20)16-8-5-3-4-6-9(8)21-2/h3-6H,1-2H3,(H,16,20)(H2,17,18,19,22). The number of aromatic nitrogens is 2. The lowest BCUT2D eigenvalue weighted by atomic mass is 10.2. The van der Waals surface area contributed by atoms with Crippen LogP contribution >= 0.6 is 23.6 Å². The third-order valence-corrected chi connectivity index (χ3v) is 4.80. The topological polar surface area (TPSA) is 87.0 Å². The van der Waals surface area contributed by atoms with Gasteiger partial charge in [0.05, 0.1) is 23.1 Å². The van der Waals surface area contributed by atoms with Crippen molar-refractivity contribution < 1.29 is 9.53 Å². The zero-order valence-electron chi connectivity index (χ0n) is 12.4. The molecular weight excluding hydrogens is 334 g/mol. The highest BCUT2D eigenvalue weighted by atomic mass is 32.1. The summed E-state index contributed by atoms with van der Waals surface area (Å²) in [5.74, 6) is 0.267. The van der Waals surface area contributed by atoms with Crippen LogP contribution in [-0.2, 0) is 0 Å². The van der Waals surface area contributed by atoms with Crippen LogP contribution in [0.1, 0.15) is 15.2 Å². The van der Waals surface area contributed by atoms with Crippen molar-refractivity contribution in [2.75, 3.05) is 12.4 Å². The van der Waals surface area contributed by atoms with Crippen molar-refractivity contribution in [2.45, 2.75) is 6.92 Å². The van der Waals surface area contributed by atoms with E-state index in [0.717, 1.165) is 0 Å². The number of hydrogen-bond donors (Lipinski definition) is 3. The maximum absolute atomic E-state index is 12.6. The number of benzene rings is 1. The third kappa shape index (κ3) is 2.78. The molecule has 0 saturated carbocycles. The van der Waals surface area contributed by atoms with Crippen molar-refractivity contribution in [2.24, 2.45) is 0 Å². The van der Waals surface area contributed by atoms with E-state index in [9.17, 15) is 9.59 Å². The van der Waals surface area contributed by atoms with Crippen LogP contribution in [0.5, 0.6) is 5.75 Å². The molecule has 0 aliphatic carbocycles. The molecule has 8 heteroatoms. The lowest BCUT2D eigenvalue weighted by molar-refractivity contribution is 0.102. The number of carbonyl (C=O) groups excluding carboxylic acids is 1. The Kier molecular flexibility index (Phi) is 4.01. The summed E-state index contributed by atoms with van der Waals surface area (Å²) in [6.07, 6.45) is 0. The summed E-state index contributed by atoms with van der Waals surface area (Å²) in [4.78, 5) is 31.1. The molecule has 3 aromatic rings. The molecule has 0 bridgehead atoms. The van der Waals surface area contributed by atoms with E-state index in [2.05, 4.69) is 15.3 Å². The Morgan fingerprint density at radius 2 is 2.04 bits per heavy atom. The van der Waals surface area contributed by atoms with Crippen molar-refractivity contribution >= 4 is 45.4 Å². The van der Waals surface area contributed by atoms with Crippen LogP contribution in [0.3, 0.4) is 0 Å². The number of aromatic amines is 2. The Balaban J connectivity index is 2.05. The summed E-state index contributed by atoms with van der Waals surface area (Å²) >= 11 is 6.16. The van der Waals surface area contributed by atoms with Crippen molar-refractivity contribution in [3.63, 3.8) is 0 Å². The van der Waals surface area contributed by atoms with Crippen LogP contribution < -0.4 is 15.6 Å². The van der Waals surface area contributed by atoms with Gasteiger partial charge in [-0.3, -0.25) is 14.6 Å². The van der Waals surface area contributed by atoms with E-state index < -0.39 is 0 Å². The first-order valence-electron chi connectivity index (χ1n) is 6.71. The van der Waals surface area contributed by atoms with Crippen LogP contribution in [0.2, 0.25) is 0 Å². The Hall–Kier alpha value is -2.45. The number of fused-ring (bicyclic) bond motifs is 1. The number of H-pyrrole nitrogens is 2. The third-order valence-electron chi connectivity index (χ3n) is 3.39. The summed E-state index contributed by atoms with van der Waals surface area (Å²) in [5, 5.41) is 3.26. The summed E-state index contributed by atoms with van der Waals surface area (Å²) in [5.41, 5.74) is 0.887. The first kappa shape index (κ1) is 15.4. The molecule has 6 nitrogen and oxygen atoms in total. The lowest BCUT2D eigenvalue weighted by Gasteiger charge is -2.09. The first-order chi connectivity index (χ1) is 11.0. The smallest absolute Gasteiger partial charge is 0.266 e. The van der Waals surface area contributed by atoms with E-state index in [1.165, 1.54) is 18.4 Å². The predicted octanol–water partition coefficient (Wildman–Crippen LogP) is 3.22. The summed E-state index contributed by atoms with van der Waals surface area (Å²) < 4.78 is 5.46. The molecule has 3 N–H and O–H groups in total. The number of aryl methyl sites for hydroxylation is 1. The van der Waals surface area contributed by atoms with Gasteiger partial charge in [-0.2, -0.15) is 0 Å². The molecule has 1 aromatic carbocycles. The molecule has 3 rings (SSSR count). The molecule has 1 amide bonds. The molecule has 0 saturated heterocycles. The number of para-hydroxylation sites is 2. The number of methoxy groups -OCH3 is 1. The highest BCUT2D eigenvalue weighted by Crippen LogP contribution is 2.29. The number of anilines is 1. The number of amides is 1. The molecular formula is C15H13N3O3S2. The van der Waals surface area contributed by atoms with Crippen LogP contribution in [0.15, 0.2) is 29.1 Å². The van der Waals surface area contributed by atoms with Gasteiger partial charge in [0.25, 0.3) is 11.5 Å². The largest absolute Gasteiger partial charge is 0.495 e. The zero-order chi connectivity index (χ0) is 16.6. The molecule has 0 spiro atoms. The highest BCUT2D eigenvalue weighted by molar-refractivity contribution is 7.71. The number of rotatable bonds is 3. The van der Waals surface area contributed by atoms with Gasteiger partial charge in [0.15, 0.2) is 4.77 Å². The van der Waals surface area contributed by atoms with Gasteiger partial charge in [-0.05, 0) is 36.8 Å². The highest BCUT2D eigenvalue weighted by Gasteiger charge is 2.19. The van der Waals surface area contributed by atoms with Gasteiger partial charge in [-0.25, -0.2) is 0 Å². The van der Waals surface area contributed by atoms with Crippen LogP contribution in [0, 0.1) is 11.7 Å². The molecule has 0 radical (unpaired) electrons. The van der Waals surface area contributed by atoms with Gasteiger partial charge in [0.2, 0.25) is 0 Å². The number of carbonyl (C=O) groups is 1. The maximum atomic E-state index is 12.6. The molecule has 0 fully saturated rings. The minimum absolute atomic E-state index is 0.237. The van der Waals surface area contributed by atoms with Gasteiger partial charge in [-0.15, -0.1) is 11.3 Å². The summed E-state index contributed by atoms with van der Waals surface area (Å²) in [6.45, 7) is 1.74. The Morgan fingerprint density at radius 1 is 1.30 bits per heavy atom. The number of thiophene rings is 1. The van der Waals surface area contributed by atoms with Gasteiger partial charge in [-0.1, -0.05) is 12.1 Å². The van der Waals surface area contributed by atoms with Gasteiger partial charge in [0, 0.05) is 0 Å². The zero-order valence-corrected chi connectivity index (χ0v) is 14.0. The minimum atomic E-state index is -0.299. The van der Waals surface area contributed by atoms with Gasteiger partial charge < -0.3 is 15.0 Å². The molecule has 0 unspecified atom stereocenters. The number of hydrogen-bond acceptors (Lipinski definition) is 5. The van der Waals surface area contributed by atoms with Crippen LogP contribution in [0.25, 0.3) is 10.2 Å². The van der Waals surface area contributed by atoms with Crippen molar-refractivity contribution in [1.82, 2.24) is 9.97 Å². The maximum Gasteiger partial charge on any atom is 0.266 e. The number of ether oxygens (including phenoxy) is 1. The fourth-order valence-electron chi connectivity index (χ4n) is 2.32.